The van der Waals surface area contributed by atoms with Gasteiger partial charge in [-0.1, -0.05) is 24.4 Å². The number of para-hydroxylation sites is 1. The quantitative estimate of drug-likeness (QED) is 0.804. The van der Waals surface area contributed by atoms with Crippen molar-refractivity contribution in [1.29, 1.82) is 0 Å². The molecule has 7 heteroatoms. The van der Waals surface area contributed by atoms with E-state index in [1.54, 1.807) is 24.3 Å². The number of likely N-dealkylation sites (N-methyl/N-ethyl adjacent to an activating group) is 1. The summed E-state index contributed by atoms with van der Waals surface area (Å²) in [7, 11) is 1.29. The minimum Gasteiger partial charge on any atom is -0.483 e. The molecular formula is C12H14F2N2O2S. The van der Waals surface area contributed by atoms with Gasteiger partial charge in [-0.15, -0.1) is 0 Å². The number of alkyl halides is 2. The van der Waals surface area contributed by atoms with Gasteiger partial charge in [-0.25, -0.2) is 8.78 Å². The zero-order chi connectivity index (χ0) is 14.4. The number of rotatable bonds is 6. The lowest BCUT2D eigenvalue weighted by atomic mass is 10.2. The number of ether oxygens (including phenoxy) is 1. The van der Waals surface area contributed by atoms with E-state index in [9.17, 15) is 13.6 Å². The van der Waals surface area contributed by atoms with Gasteiger partial charge in [0.05, 0.1) is 12.1 Å². The summed E-state index contributed by atoms with van der Waals surface area (Å²) in [6.07, 6.45) is -2.57. The van der Waals surface area contributed by atoms with Crippen LogP contribution in [0.5, 0.6) is 5.75 Å². The molecule has 1 rings (SSSR count). The van der Waals surface area contributed by atoms with Crippen LogP contribution in [0.2, 0.25) is 0 Å². The standard InChI is InChI=1S/C12H14F2N2O2S/c1-16(6-10(13)14)11(17)7-18-9-5-3-2-4-8(9)12(15)19/h2-5,10H,6-7H2,1H3,(H2,15,19). The average Bonchev–Trinajstić information content (AvgIpc) is 2.35. The van der Waals surface area contributed by atoms with E-state index >= 15 is 0 Å². The Morgan fingerprint density at radius 1 is 1.47 bits per heavy atom. The number of thiocarbonyl (C=S) groups is 1. The van der Waals surface area contributed by atoms with Crippen molar-refractivity contribution < 1.29 is 18.3 Å². The van der Waals surface area contributed by atoms with Crippen LogP contribution in [0.15, 0.2) is 24.3 Å². The summed E-state index contributed by atoms with van der Waals surface area (Å²) in [5.74, 6) is -0.188. The molecule has 1 aromatic rings. The van der Waals surface area contributed by atoms with Gasteiger partial charge in [-0.2, -0.15) is 0 Å². The number of hydrogen-bond donors (Lipinski definition) is 1. The molecular weight excluding hydrogens is 274 g/mol. The van der Waals surface area contributed by atoms with Gasteiger partial charge in [0.25, 0.3) is 12.3 Å². The van der Waals surface area contributed by atoms with E-state index in [0.29, 0.717) is 11.3 Å². The highest BCUT2D eigenvalue weighted by atomic mass is 32.1. The summed E-state index contributed by atoms with van der Waals surface area (Å²) in [6, 6.07) is 6.69. The van der Waals surface area contributed by atoms with Gasteiger partial charge in [0.1, 0.15) is 10.7 Å². The Morgan fingerprint density at radius 3 is 2.68 bits per heavy atom. The van der Waals surface area contributed by atoms with Crippen LogP contribution in [0, 0.1) is 0 Å². The van der Waals surface area contributed by atoms with Crippen LogP contribution in [-0.2, 0) is 4.79 Å². The highest BCUT2D eigenvalue weighted by molar-refractivity contribution is 7.80. The normalized spacial score (nSPS) is 10.3. The number of carbonyl (C=O) groups excluding carboxylic acids is 1. The molecule has 104 valence electrons. The first-order chi connectivity index (χ1) is 8.91. The van der Waals surface area contributed by atoms with E-state index in [0.717, 1.165) is 4.90 Å². The number of nitrogens with two attached hydrogens (primary N) is 1. The van der Waals surface area contributed by atoms with Crippen LogP contribution >= 0.6 is 12.2 Å². The predicted molar refractivity (Wildman–Crippen MR) is 71.5 cm³/mol. The summed E-state index contributed by atoms with van der Waals surface area (Å²) < 4.78 is 29.5. The number of nitrogens with zero attached hydrogens (tertiary/aromatic N) is 1. The molecule has 0 saturated heterocycles. The van der Waals surface area contributed by atoms with Crippen LogP contribution in [0.1, 0.15) is 5.56 Å². The largest absolute Gasteiger partial charge is 0.483 e. The molecule has 4 nitrogen and oxygen atoms in total. The molecule has 0 radical (unpaired) electrons. The van der Waals surface area contributed by atoms with Crippen molar-refractivity contribution in [2.75, 3.05) is 20.2 Å². The van der Waals surface area contributed by atoms with Crippen LogP contribution in [0.25, 0.3) is 0 Å². The lowest BCUT2D eigenvalue weighted by Gasteiger charge is -2.17. The van der Waals surface area contributed by atoms with Crippen molar-refractivity contribution in [1.82, 2.24) is 4.90 Å². The SMILES string of the molecule is CN(CC(F)F)C(=O)COc1ccccc1C(N)=S. The smallest absolute Gasteiger partial charge is 0.260 e. The lowest BCUT2D eigenvalue weighted by Crippen LogP contribution is -2.35. The topological polar surface area (TPSA) is 55.6 Å². The third-order valence-corrected chi connectivity index (χ3v) is 2.56. The minimum absolute atomic E-state index is 0.143. The van der Waals surface area contributed by atoms with Crippen molar-refractivity contribution in [2.24, 2.45) is 5.73 Å². The first-order valence-electron chi connectivity index (χ1n) is 5.45. The van der Waals surface area contributed by atoms with E-state index in [-0.39, 0.29) is 11.6 Å². The van der Waals surface area contributed by atoms with E-state index in [4.69, 9.17) is 22.7 Å². The number of carbonyl (C=O) groups is 1. The van der Waals surface area contributed by atoms with Gasteiger partial charge < -0.3 is 15.4 Å². The fourth-order valence-corrected chi connectivity index (χ4v) is 1.52. The van der Waals surface area contributed by atoms with Crippen molar-refractivity contribution >= 4 is 23.1 Å². The predicted octanol–water partition coefficient (Wildman–Crippen LogP) is 1.42. The molecule has 1 aromatic carbocycles. The van der Waals surface area contributed by atoms with Gasteiger partial charge in [-0.3, -0.25) is 4.79 Å². The molecule has 19 heavy (non-hydrogen) atoms. The highest BCUT2D eigenvalue weighted by Crippen LogP contribution is 2.17. The molecule has 0 spiro atoms. The van der Waals surface area contributed by atoms with Crippen LogP contribution in [-0.4, -0.2) is 42.4 Å². The Bertz CT molecular complexity index is 469. The van der Waals surface area contributed by atoms with Gasteiger partial charge in [0.2, 0.25) is 0 Å². The molecule has 0 bridgehead atoms. The fraction of sp³-hybridized carbons (Fsp3) is 0.333. The van der Waals surface area contributed by atoms with Gasteiger partial charge in [0, 0.05) is 7.05 Å². The molecule has 0 aliphatic carbocycles. The van der Waals surface area contributed by atoms with Gasteiger partial charge >= 0.3 is 0 Å². The molecule has 2 N–H and O–H groups in total. The average molecular weight is 288 g/mol. The fourth-order valence-electron chi connectivity index (χ4n) is 1.35. The van der Waals surface area contributed by atoms with E-state index < -0.39 is 18.9 Å². The number of benzene rings is 1. The second kappa shape index (κ2) is 6.98. The Balaban J connectivity index is 2.62. The molecule has 0 unspecified atom stereocenters. The molecule has 0 aliphatic heterocycles. The minimum atomic E-state index is -2.57. The van der Waals surface area contributed by atoms with Crippen LogP contribution < -0.4 is 10.5 Å². The molecule has 0 saturated carbocycles. The summed E-state index contributed by atoms with van der Waals surface area (Å²) >= 11 is 4.84. The number of amides is 1. The Labute approximate surface area is 115 Å². The molecule has 1 amide bonds. The monoisotopic (exact) mass is 288 g/mol. The maximum atomic E-state index is 12.1. The molecule has 0 heterocycles. The van der Waals surface area contributed by atoms with Gasteiger partial charge in [-0.05, 0) is 12.1 Å². The summed E-state index contributed by atoms with van der Waals surface area (Å²) in [6.45, 7) is -0.970. The van der Waals surface area contributed by atoms with E-state index in [1.165, 1.54) is 7.05 Å². The summed E-state index contributed by atoms with van der Waals surface area (Å²) in [5, 5.41) is 0. The second-order valence-corrected chi connectivity index (χ2v) is 4.25. The zero-order valence-corrected chi connectivity index (χ0v) is 11.1. The van der Waals surface area contributed by atoms with Crippen LogP contribution in [0.4, 0.5) is 8.78 Å². The van der Waals surface area contributed by atoms with Crippen LogP contribution in [0.3, 0.4) is 0 Å². The number of halogens is 2. The van der Waals surface area contributed by atoms with Crippen molar-refractivity contribution in [3.8, 4) is 5.75 Å². The van der Waals surface area contributed by atoms with Crippen molar-refractivity contribution in [3.63, 3.8) is 0 Å². The molecule has 0 aromatic heterocycles. The summed E-state index contributed by atoms with van der Waals surface area (Å²) in [5.41, 5.74) is 6.01. The van der Waals surface area contributed by atoms with Gasteiger partial charge in [0.15, 0.2) is 6.61 Å². The first kappa shape index (κ1) is 15.3. The summed E-state index contributed by atoms with van der Waals surface area (Å²) in [4.78, 5) is 12.6. The van der Waals surface area contributed by atoms with Crippen molar-refractivity contribution in [2.45, 2.75) is 6.43 Å². The van der Waals surface area contributed by atoms with Crippen molar-refractivity contribution in [3.05, 3.63) is 29.8 Å². The maximum Gasteiger partial charge on any atom is 0.260 e. The third kappa shape index (κ3) is 4.78. The Hall–Kier alpha value is -1.76. The highest BCUT2D eigenvalue weighted by Gasteiger charge is 2.15. The molecule has 0 atom stereocenters. The Morgan fingerprint density at radius 2 is 2.11 bits per heavy atom. The van der Waals surface area contributed by atoms with E-state index in [2.05, 4.69) is 0 Å². The second-order valence-electron chi connectivity index (χ2n) is 3.81. The lowest BCUT2D eigenvalue weighted by molar-refractivity contribution is -0.133. The maximum absolute atomic E-state index is 12.1. The molecule has 0 fully saturated rings. The third-order valence-electron chi connectivity index (χ3n) is 2.34. The Kier molecular flexibility index (Phi) is 5.62. The van der Waals surface area contributed by atoms with E-state index in [1.807, 2.05) is 0 Å². The first-order valence-corrected chi connectivity index (χ1v) is 5.86. The zero-order valence-electron chi connectivity index (χ0n) is 10.3. The number of hydrogen-bond acceptors (Lipinski definition) is 3. The molecule has 0 aliphatic rings.